The van der Waals surface area contributed by atoms with E-state index in [9.17, 15) is 60.7 Å². The first-order valence-corrected chi connectivity index (χ1v) is 26.8. The summed E-state index contributed by atoms with van der Waals surface area (Å²) < 4.78 is 60.3. The van der Waals surface area contributed by atoms with Crippen molar-refractivity contribution in [2.45, 2.75) is 221 Å². The number of rotatable bonds is 14. The highest BCUT2D eigenvalue weighted by Crippen LogP contribution is 2.71. The maximum absolute atomic E-state index is 12.6. The molecule has 0 aromatic carbocycles. The predicted molar refractivity (Wildman–Crippen MR) is 251 cm³/mol. The zero-order chi connectivity index (χ0) is 53.4. The summed E-state index contributed by atoms with van der Waals surface area (Å²) in [6.07, 6.45) is -14.7. The normalized spacial score (nSPS) is 50.9. The number of carbonyl (C=O) groups is 2. The van der Waals surface area contributed by atoms with E-state index in [4.69, 9.17) is 42.6 Å². The van der Waals surface area contributed by atoms with E-state index in [2.05, 4.69) is 31.6 Å². The van der Waals surface area contributed by atoms with Gasteiger partial charge in [-0.15, -0.1) is 0 Å². The summed E-state index contributed by atoms with van der Waals surface area (Å²) in [5.41, 5.74) is -0.379. The summed E-state index contributed by atoms with van der Waals surface area (Å²) in [5, 5.41) is 107. The number of esters is 2. The Hall–Kier alpha value is -2.04. The molecule has 10 N–H and O–H groups in total. The summed E-state index contributed by atoms with van der Waals surface area (Å²) in [5.74, 6) is -0.179. The van der Waals surface area contributed by atoms with Crippen molar-refractivity contribution < 1.29 is 108 Å². The second-order valence-electron chi connectivity index (χ2n) is 23.9. The lowest BCUT2D eigenvalue weighted by atomic mass is 9.47. The van der Waals surface area contributed by atoms with Crippen molar-refractivity contribution in [2.75, 3.05) is 33.5 Å². The average molecular weight is 1060 g/mol. The lowest BCUT2D eigenvalue weighted by Crippen LogP contribution is -2.67. The molecule has 5 heterocycles. The molecule has 22 heteroatoms. The molecule has 22 nitrogen and oxygen atoms in total. The van der Waals surface area contributed by atoms with Gasteiger partial charge in [0, 0.05) is 18.3 Å². The number of allylic oxidation sites excluding steroid dienone is 1. The quantitative estimate of drug-likeness (QED) is 0.0770. The van der Waals surface area contributed by atoms with Crippen LogP contribution in [0.4, 0.5) is 0 Å². The maximum Gasteiger partial charge on any atom is 0.308 e. The van der Waals surface area contributed by atoms with Gasteiger partial charge >= 0.3 is 11.9 Å². The molecule has 4 aliphatic carbocycles. The largest absolute Gasteiger partial charge is 0.469 e. The van der Waals surface area contributed by atoms with Crippen LogP contribution in [-0.4, -0.2) is 212 Å². The van der Waals surface area contributed by atoms with Crippen LogP contribution in [0.5, 0.6) is 0 Å². The third-order valence-corrected chi connectivity index (χ3v) is 19.3. The zero-order valence-corrected chi connectivity index (χ0v) is 43.3. The molecule has 0 radical (unpaired) electrons. The van der Waals surface area contributed by atoms with E-state index in [0.717, 1.165) is 38.5 Å². The number of hydrogen-bond acceptors (Lipinski definition) is 22. The first kappa shape index (κ1) is 56.7. The van der Waals surface area contributed by atoms with Crippen molar-refractivity contribution in [1.82, 2.24) is 0 Å². The van der Waals surface area contributed by atoms with Crippen LogP contribution in [0.1, 0.15) is 105 Å². The van der Waals surface area contributed by atoms with Crippen LogP contribution >= 0.6 is 0 Å². The minimum absolute atomic E-state index is 0.0244. The van der Waals surface area contributed by atoms with Gasteiger partial charge in [0.05, 0.1) is 70.3 Å². The van der Waals surface area contributed by atoms with E-state index in [0.29, 0.717) is 49.5 Å². The lowest BCUT2D eigenvalue weighted by Gasteiger charge is -2.59. The Kier molecular flexibility index (Phi) is 16.8. The number of carbonyl (C=O) groups excluding carboxylic acids is 2. The minimum atomic E-state index is -1.84. The molecule has 0 bridgehead atoms. The maximum atomic E-state index is 12.6. The molecule has 0 aromatic heterocycles. The van der Waals surface area contributed by atoms with Crippen molar-refractivity contribution in [3.63, 3.8) is 0 Å². The standard InChI is InChI=1S/C52H82O22/c1-23-36-31(74-52(23)14-9-25(22-67-52)21-66-35(56)18-49(3,64)17-34(55)65-6)16-30-28-8-7-26-15-27(10-12-50(26,4)29(28)11-13-51(30,36)5)69-48-45(73-46-41(61)39(59)37(57)24(2)68-46)43(63)44(33(20-54)71-48)72-47-42(62)40(60)38(58)32(19-53)70-47/h7,23-25,27-33,36-48,53-54,57-64H,8-22H2,1-6H3/t23-,24-,25-,27-,28?,29?,30?,31?,32+,33+,36?,37-,38+,39+,40-,41+,42+,43-,44+,45+,46-,47-,48+,49-,50-,51-,52?/m0/s1. The van der Waals surface area contributed by atoms with Gasteiger partial charge in [-0.2, -0.15) is 0 Å². The number of ether oxygens (including phenoxy) is 10. The topological polar surface area (TPSA) is 329 Å². The molecule has 3 saturated carbocycles. The fourth-order valence-corrected chi connectivity index (χ4v) is 15.1. The summed E-state index contributed by atoms with van der Waals surface area (Å²) in [6.45, 7) is 9.05. The Morgan fingerprint density at radius 1 is 0.743 bits per heavy atom. The Balaban J connectivity index is 0.845. The zero-order valence-electron chi connectivity index (χ0n) is 43.3. The molecule has 8 fully saturated rings. The molecular weight excluding hydrogens is 977 g/mol. The highest BCUT2D eigenvalue weighted by atomic mass is 16.8. The Bertz CT molecular complexity index is 2000. The predicted octanol–water partition coefficient (Wildman–Crippen LogP) is -0.558. The molecule has 1 spiro atoms. The van der Waals surface area contributed by atoms with Crippen LogP contribution in [0.15, 0.2) is 11.6 Å². The Morgan fingerprint density at radius 3 is 2.08 bits per heavy atom. The number of methoxy groups -OCH3 is 1. The molecule has 5 saturated heterocycles. The monoisotopic (exact) mass is 1060 g/mol. The molecule has 6 unspecified atom stereocenters. The number of fused-ring (bicyclic) bond motifs is 7. The molecule has 0 aromatic rings. The fourth-order valence-electron chi connectivity index (χ4n) is 15.1. The fraction of sp³-hybridized carbons (Fsp3) is 0.923. The molecule has 9 aliphatic rings. The van der Waals surface area contributed by atoms with E-state index in [1.807, 2.05) is 0 Å². The third-order valence-electron chi connectivity index (χ3n) is 19.3. The van der Waals surface area contributed by atoms with Gasteiger partial charge in [0.2, 0.25) is 0 Å². The summed E-state index contributed by atoms with van der Waals surface area (Å²) in [6, 6.07) is 0. The number of hydrogen-bond donors (Lipinski definition) is 10. The van der Waals surface area contributed by atoms with Gasteiger partial charge in [-0.3, -0.25) is 9.59 Å². The SMILES string of the molecule is COC(=O)C[C@](C)(O)CC(=O)OC[C@@H]1CCC2(OC1)OC1CC3C4CC=C5C[C@@H](O[C@@H]6O[C@H](CO)[C@@H](O[C@@H]7O[C@H](CO)[C@@H](O)[C@H](O)[C@H]7O)[C@H](O)[C@H]6O[C@@H]6O[C@@H](C)[C@H](O)[C@@H](O)[C@H]6O)CC[C@]5(C)C4CC[C@]3(C)C1[C@@H]2C. The molecule has 74 heavy (non-hydrogen) atoms. The van der Waals surface area contributed by atoms with Gasteiger partial charge in [0.1, 0.15) is 67.1 Å². The van der Waals surface area contributed by atoms with Crippen LogP contribution in [0.3, 0.4) is 0 Å². The lowest BCUT2D eigenvalue weighted by molar-refractivity contribution is -0.389. The molecule has 0 amide bonds. The average Bonchev–Trinajstić information content (AvgIpc) is 3.81. The van der Waals surface area contributed by atoms with Crippen molar-refractivity contribution in [3.05, 3.63) is 11.6 Å². The molecule has 422 valence electrons. The van der Waals surface area contributed by atoms with Crippen molar-refractivity contribution in [2.24, 2.45) is 46.3 Å². The summed E-state index contributed by atoms with van der Waals surface area (Å²) in [7, 11) is 1.23. The Labute approximate surface area is 431 Å². The highest BCUT2D eigenvalue weighted by Gasteiger charge is 2.69. The van der Waals surface area contributed by atoms with Gasteiger partial charge in [-0.05, 0) is 99.7 Å². The van der Waals surface area contributed by atoms with E-state index in [1.54, 1.807) is 0 Å². The van der Waals surface area contributed by atoms with Gasteiger partial charge in [0.25, 0.3) is 0 Å². The van der Waals surface area contributed by atoms with Crippen LogP contribution in [-0.2, 0) is 57.0 Å². The van der Waals surface area contributed by atoms with E-state index in [-0.39, 0.29) is 48.2 Å². The second kappa shape index (κ2) is 21.9. The van der Waals surface area contributed by atoms with Gasteiger partial charge < -0.3 is 98.4 Å². The molecule has 5 aliphatic heterocycles. The smallest absolute Gasteiger partial charge is 0.308 e. The highest BCUT2D eigenvalue weighted by molar-refractivity contribution is 5.74. The first-order valence-electron chi connectivity index (χ1n) is 26.8. The Morgan fingerprint density at radius 2 is 1.41 bits per heavy atom. The second-order valence-corrected chi connectivity index (χ2v) is 23.9. The van der Waals surface area contributed by atoms with Crippen molar-refractivity contribution in [3.8, 4) is 0 Å². The van der Waals surface area contributed by atoms with Gasteiger partial charge in [0.15, 0.2) is 24.7 Å². The van der Waals surface area contributed by atoms with Crippen LogP contribution in [0, 0.1) is 46.3 Å². The van der Waals surface area contributed by atoms with Crippen molar-refractivity contribution >= 4 is 11.9 Å². The summed E-state index contributed by atoms with van der Waals surface area (Å²) >= 11 is 0. The number of aliphatic hydroxyl groups excluding tert-OH is 9. The van der Waals surface area contributed by atoms with Crippen LogP contribution < -0.4 is 0 Å². The molecular formula is C52H82O22. The van der Waals surface area contributed by atoms with Gasteiger partial charge in [-0.25, -0.2) is 0 Å². The first-order chi connectivity index (χ1) is 35.0. The van der Waals surface area contributed by atoms with Crippen molar-refractivity contribution in [1.29, 1.82) is 0 Å². The summed E-state index contributed by atoms with van der Waals surface area (Å²) in [4.78, 5) is 24.3. The van der Waals surface area contributed by atoms with E-state index in [1.165, 1.54) is 26.5 Å². The van der Waals surface area contributed by atoms with E-state index >= 15 is 0 Å². The van der Waals surface area contributed by atoms with E-state index < -0.39 is 135 Å². The van der Waals surface area contributed by atoms with Gasteiger partial charge in [-0.1, -0.05) is 32.4 Å². The van der Waals surface area contributed by atoms with Crippen LogP contribution in [0.2, 0.25) is 0 Å². The molecule has 9 rings (SSSR count). The minimum Gasteiger partial charge on any atom is -0.469 e. The molecule has 27 atom stereocenters. The third kappa shape index (κ3) is 10.4. The van der Waals surface area contributed by atoms with Crippen LogP contribution in [0.25, 0.3) is 0 Å². The number of aliphatic hydroxyl groups is 10.